The van der Waals surface area contributed by atoms with E-state index < -0.39 is 21.6 Å². The van der Waals surface area contributed by atoms with E-state index >= 15 is 0 Å². The second kappa shape index (κ2) is 5.03. The maximum atomic E-state index is 13.2. The van der Waals surface area contributed by atoms with Crippen LogP contribution < -0.4 is 0 Å². The van der Waals surface area contributed by atoms with E-state index in [1.165, 1.54) is 42.5 Å². The van der Waals surface area contributed by atoms with E-state index in [-0.39, 0.29) is 22.6 Å². The predicted octanol–water partition coefficient (Wildman–Crippen LogP) is 2.70. The Morgan fingerprint density at radius 3 is 2.45 bits per heavy atom. The molecule has 2 aromatic rings. The molecule has 1 aliphatic heterocycles. The van der Waals surface area contributed by atoms with Crippen LogP contribution in [-0.2, 0) is 15.7 Å². The summed E-state index contributed by atoms with van der Waals surface area (Å²) in [7, 11) is -3.85. The number of halogens is 2. The van der Waals surface area contributed by atoms with Crippen LogP contribution in [0.1, 0.15) is 18.1 Å². The molecule has 0 amide bonds. The summed E-state index contributed by atoms with van der Waals surface area (Å²) in [6.45, 7) is 1.68. The molecule has 3 rings (SSSR count). The van der Waals surface area contributed by atoms with Gasteiger partial charge in [-0.1, -0.05) is 30.7 Å². The van der Waals surface area contributed by atoms with Gasteiger partial charge in [0, 0.05) is 22.7 Å². The molecule has 0 aliphatic carbocycles. The Hall–Kier alpha value is -1.47. The number of hydrogen-bond donors (Lipinski definition) is 1. The van der Waals surface area contributed by atoms with E-state index in [0.717, 1.165) is 4.31 Å². The number of hydrogen-bond acceptors (Lipinski definition) is 3. The summed E-state index contributed by atoms with van der Waals surface area (Å²) in [4.78, 5) is 0.00516. The Balaban J connectivity index is 2.34. The summed E-state index contributed by atoms with van der Waals surface area (Å²) in [5.74, 6) is -0.470. The summed E-state index contributed by atoms with van der Waals surface area (Å²) in [5, 5.41) is 11.5. The minimum Gasteiger partial charge on any atom is -0.367 e. The lowest BCUT2D eigenvalue weighted by Gasteiger charge is -2.32. The van der Waals surface area contributed by atoms with E-state index in [1.807, 2.05) is 0 Å². The van der Waals surface area contributed by atoms with Crippen LogP contribution in [0.3, 0.4) is 0 Å². The third kappa shape index (κ3) is 1.99. The number of aliphatic hydroxyl groups is 1. The van der Waals surface area contributed by atoms with E-state index in [9.17, 15) is 17.9 Å². The lowest BCUT2D eigenvalue weighted by atomic mass is 9.94. The standard InChI is InChI=1S/C15H13ClFNO3S/c1-2-18-15(19,10-3-6-12(17)7-4-10)13-9-11(16)5-8-14(13)22(18,20)21/h3-9,19H,2H2,1H3. The fourth-order valence-corrected chi connectivity index (χ4v) is 4.83. The van der Waals surface area contributed by atoms with Crippen LogP contribution >= 0.6 is 11.6 Å². The molecule has 0 spiro atoms. The second-order valence-corrected chi connectivity index (χ2v) is 7.26. The Morgan fingerprint density at radius 1 is 1.23 bits per heavy atom. The zero-order valence-corrected chi connectivity index (χ0v) is 13.2. The molecule has 0 saturated carbocycles. The van der Waals surface area contributed by atoms with Crippen molar-refractivity contribution in [2.24, 2.45) is 0 Å². The third-order valence-corrected chi connectivity index (χ3v) is 6.03. The van der Waals surface area contributed by atoms with Gasteiger partial charge in [0.05, 0.1) is 4.90 Å². The van der Waals surface area contributed by atoms with Gasteiger partial charge >= 0.3 is 0 Å². The van der Waals surface area contributed by atoms with Gasteiger partial charge in [-0.05, 0) is 30.3 Å². The van der Waals surface area contributed by atoms with Crippen LogP contribution in [-0.4, -0.2) is 24.4 Å². The van der Waals surface area contributed by atoms with Gasteiger partial charge in [-0.25, -0.2) is 12.8 Å². The number of rotatable bonds is 2. The van der Waals surface area contributed by atoms with Crippen molar-refractivity contribution in [3.8, 4) is 0 Å². The third-order valence-electron chi connectivity index (χ3n) is 3.78. The number of fused-ring (bicyclic) bond motifs is 1. The van der Waals surface area contributed by atoms with E-state index in [4.69, 9.17) is 11.6 Å². The van der Waals surface area contributed by atoms with Crippen molar-refractivity contribution >= 4 is 21.6 Å². The largest absolute Gasteiger partial charge is 0.367 e. The van der Waals surface area contributed by atoms with Crippen molar-refractivity contribution in [1.82, 2.24) is 4.31 Å². The highest BCUT2D eigenvalue weighted by Gasteiger charge is 2.53. The average molecular weight is 342 g/mol. The van der Waals surface area contributed by atoms with Gasteiger partial charge < -0.3 is 5.11 Å². The summed E-state index contributed by atoms with van der Waals surface area (Å²) in [6, 6.07) is 9.34. The Bertz CT molecular complexity index is 838. The average Bonchev–Trinajstić information content (AvgIpc) is 2.64. The molecule has 22 heavy (non-hydrogen) atoms. The summed E-state index contributed by atoms with van der Waals surface area (Å²) < 4.78 is 39.4. The first-order valence-electron chi connectivity index (χ1n) is 6.63. The van der Waals surface area contributed by atoms with E-state index in [2.05, 4.69) is 0 Å². The molecule has 2 aromatic carbocycles. The van der Waals surface area contributed by atoms with Gasteiger partial charge in [0.1, 0.15) is 5.82 Å². The highest BCUT2D eigenvalue weighted by atomic mass is 35.5. The molecule has 0 aromatic heterocycles. The Labute approximate surface area is 132 Å². The van der Waals surface area contributed by atoms with Gasteiger partial charge in [0.2, 0.25) is 10.0 Å². The number of sulfonamides is 1. The lowest BCUT2D eigenvalue weighted by molar-refractivity contribution is -0.0198. The van der Waals surface area contributed by atoms with Crippen LogP contribution in [0, 0.1) is 5.82 Å². The van der Waals surface area contributed by atoms with Crippen LogP contribution in [0.15, 0.2) is 47.4 Å². The number of nitrogens with zero attached hydrogens (tertiary/aromatic N) is 1. The molecule has 4 nitrogen and oxygen atoms in total. The molecule has 0 bridgehead atoms. The fourth-order valence-electron chi connectivity index (χ4n) is 2.81. The van der Waals surface area contributed by atoms with Crippen LogP contribution in [0.25, 0.3) is 0 Å². The van der Waals surface area contributed by atoms with Crippen LogP contribution in [0.2, 0.25) is 5.02 Å². The first-order valence-corrected chi connectivity index (χ1v) is 8.45. The molecule has 1 N–H and O–H groups in total. The van der Waals surface area contributed by atoms with Crippen molar-refractivity contribution in [2.75, 3.05) is 6.54 Å². The fraction of sp³-hybridized carbons (Fsp3) is 0.200. The van der Waals surface area contributed by atoms with E-state index in [1.54, 1.807) is 6.92 Å². The molecule has 1 unspecified atom stereocenters. The van der Waals surface area contributed by atoms with Gasteiger partial charge in [-0.2, -0.15) is 4.31 Å². The smallest absolute Gasteiger partial charge is 0.246 e. The molecule has 1 aliphatic rings. The molecule has 116 valence electrons. The van der Waals surface area contributed by atoms with Gasteiger partial charge in [-0.3, -0.25) is 0 Å². The lowest BCUT2D eigenvalue weighted by Crippen LogP contribution is -2.44. The van der Waals surface area contributed by atoms with Crippen molar-refractivity contribution in [1.29, 1.82) is 0 Å². The number of benzene rings is 2. The maximum absolute atomic E-state index is 13.2. The Morgan fingerprint density at radius 2 is 1.86 bits per heavy atom. The highest BCUT2D eigenvalue weighted by Crippen LogP contribution is 2.47. The van der Waals surface area contributed by atoms with Crippen LogP contribution in [0.5, 0.6) is 0 Å². The molecule has 0 radical (unpaired) electrons. The van der Waals surface area contributed by atoms with Crippen molar-refractivity contribution in [3.05, 3.63) is 64.4 Å². The van der Waals surface area contributed by atoms with Crippen LogP contribution in [0.4, 0.5) is 4.39 Å². The monoisotopic (exact) mass is 341 g/mol. The van der Waals surface area contributed by atoms with Gasteiger partial charge in [0.15, 0.2) is 5.72 Å². The van der Waals surface area contributed by atoms with Gasteiger partial charge in [0.25, 0.3) is 0 Å². The second-order valence-electron chi connectivity index (χ2n) is 4.99. The topological polar surface area (TPSA) is 57.6 Å². The maximum Gasteiger partial charge on any atom is 0.246 e. The first kappa shape index (κ1) is 15.4. The summed E-state index contributed by atoms with van der Waals surface area (Å²) in [6.07, 6.45) is 0. The summed E-state index contributed by atoms with van der Waals surface area (Å²) >= 11 is 5.96. The van der Waals surface area contributed by atoms with Crippen molar-refractivity contribution in [2.45, 2.75) is 17.5 Å². The van der Waals surface area contributed by atoms with E-state index in [0.29, 0.717) is 5.02 Å². The minimum absolute atomic E-state index is 0.00516. The molecule has 1 atom stereocenters. The zero-order valence-electron chi connectivity index (χ0n) is 11.6. The predicted molar refractivity (Wildman–Crippen MR) is 80.4 cm³/mol. The zero-order chi connectivity index (χ0) is 16.1. The summed E-state index contributed by atoms with van der Waals surface area (Å²) in [5.41, 5.74) is -1.46. The highest BCUT2D eigenvalue weighted by molar-refractivity contribution is 7.89. The van der Waals surface area contributed by atoms with Gasteiger partial charge in [-0.15, -0.1) is 0 Å². The molecule has 1 heterocycles. The molecule has 7 heteroatoms. The first-order chi connectivity index (χ1) is 10.3. The molecular formula is C15H13ClFNO3S. The van der Waals surface area contributed by atoms with Crippen molar-refractivity contribution in [3.63, 3.8) is 0 Å². The van der Waals surface area contributed by atoms with Crippen molar-refractivity contribution < 1.29 is 17.9 Å². The normalized spacial score (nSPS) is 23.5. The molecule has 0 fully saturated rings. The molecular weight excluding hydrogens is 329 g/mol. The minimum atomic E-state index is -3.85. The molecule has 0 saturated heterocycles. The SMILES string of the molecule is CCN1C(O)(c2ccc(F)cc2)c2cc(Cl)ccc2S1(=O)=O. The quantitative estimate of drug-likeness (QED) is 0.913. The Kier molecular flexibility index (Phi) is 3.52.